The number of hydrogen-bond acceptors (Lipinski definition) is 2. The molecule has 1 unspecified atom stereocenters. The van der Waals surface area contributed by atoms with Gasteiger partial charge in [-0.15, -0.1) is 10.3 Å². The third-order valence-corrected chi connectivity index (χ3v) is 5.07. The molecule has 1 aromatic rings. The van der Waals surface area contributed by atoms with Gasteiger partial charge in [0.1, 0.15) is 0 Å². The summed E-state index contributed by atoms with van der Waals surface area (Å²) >= 11 is 0. The number of carbonyl (C=O) groups excluding carboxylic acids is 1. The molecule has 0 bridgehead atoms. The number of Topliss-reactive ketones (excluding diaryl/α,β-unsaturated/α-hetero) is 1. The van der Waals surface area contributed by atoms with Crippen LogP contribution >= 0.6 is 0 Å². The van der Waals surface area contributed by atoms with E-state index in [4.69, 9.17) is 0 Å². The largest absolute Gasteiger partial charge is 0.289 e. The lowest BCUT2D eigenvalue weighted by atomic mass is 9.79. The minimum atomic E-state index is -0.424. The molecular weight excluding hydrogens is 310 g/mol. The van der Waals surface area contributed by atoms with E-state index in [0.717, 1.165) is 40.7 Å². The van der Waals surface area contributed by atoms with E-state index in [1.54, 1.807) is 0 Å². The Bertz CT molecular complexity index is 782. The molecule has 0 heterocycles. The summed E-state index contributed by atoms with van der Waals surface area (Å²) < 4.78 is 0. The molecule has 1 radical (unpaired) electrons. The van der Waals surface area contributed by atoms with E-state index in [-0.39, 0.29) is 11.8 Å². The summed E-state index contributed by atoms with van der Waals surface area (Å²) in [7, 11) is 0. The van der Waals surface area contributed by atoms with Gasteiger partial charge in [0.25, 0.3) is 0 Å². The van der Waals surface area contributed by atoms with Crippen molar-refractivity contribution in [3.63, 3.8) is 0 Å². The number of allylic oxidation sites excluding steroid dienone is 6. The zero-order valence-corrected chi connectivity index (χ0v) is 15.7. The molecule has 3 nitrogen and oxygen atoms in total. The number of ketones is 1. The first kappa shape index (κ1) is 17.8. The molecule has 0 aromatic heterocycles. The van der Waals surface area contributed by atoms with Gasteiger partial charge in [-0.1, -0.05) is 24.3 Å². The molecule has 0 spiro atoms. The standard InChI is InChI=1S/C22H26NO2/c1-14-12-16(13-15(2)21(14)24)17-10-11-20(23(25)22(3,4)5)19-9-7-6-8-18(17)19/h6-9,12-13,20H,10-11H2,1-5H3. The fourth-order valence-electron chi connectivity index (χ4n) is 3.77. The monoisotopic (exact) mass is 336 g/mol. The maximum Gasteiger partial charge on any atom is 0.184 e. The first-order valence-corrected chi connectivity index (χ1v) is 8.90. The number of hydroxylamine groups is 2. The van der Waals surface area contributed by atoms with E-state index in [1.807, 2.05) is 58.9 Å². The number of hydrogen-bond donors (Lipinski definition) is 0. The van der Waals surface area contributed by atoms with Crippen molar-refractivity contribution >= 4 is 11.4 Å². The first-order valence-electron chi connectivity index (χ1n) is 8.90. The predicted octanol–water partition coefficient (Wildman–Crippen LogP) is 5.20. The zero-order chi connectivity index (χ0) is 18.4. The van der Waals surface area contributed by atoms with Gasteiger partial charge in [-0.3, -0.25) is 4.79 Å². The molecule has 1 atom stereocenters. The van der Waals surface area contributed by atoms with Crippen molar-refractivity contribution in [2.45, 2.75) is 59.0 Å². The molecule has 0 saturated heterocycles. The lowest BCUT2D eigenvalue weighted by Crippen LogP contribution is -2.41. The van der Waals surface area contributed by atoms with Gasteiger partial charge in [0, 0.05) is 5.54 Å². The second-order valence-electron chi connectivity index (χ2n) is 8.06. The molecule has 3 heteroatoms. The van der Waals surface area contributed by atoms with Gasteiger partial charge in [-0.05, 0) is 93.0 Å². The summed E-state index contributed by atoms with van der Waals surface area (Å²) in [6, 6.07) is 8.07. The van der Waals surface area contributed by atoms with E-state index in [2.05, 4.69) is 12.1 Å². The van der Waals surface area contributed by atoms with Gasteiger partial charge < -0.3 is 0 Å². The van der Waals surface area contributed by atoms with Gasteiger partial charge in [-0.25, -0.2) is 0 Å². The Labute approximate surface area is 150 Å². The summed E-state index contributed by atoms with van der Waals surface area (Å²) in [6.45, 7) is 9.62. The number of fused-ring (bicyclic) bond motifs is 1. The minimum Gasteiger partial charge on any atom is -0.289 e. The van der Waals surface area contributed by atoms with Gasteiger partial charge in [0.2, 0.25) is 0 Å². The van der Waals surface area contributed by atoms with Gasteiger partial charge >= 0.3 is 0 Å². The van der Waals surface area contributed by atoms with Crippen LogP contribution in [0.4, 0.5) is 0 Å². The third-order valence-electron chi connectivity index (χ3n) is 5.07. The van der Waals surface area contributed by atoms with Gasteiger partial charge in [0.15, 0.2) is 5.78 Å². The third kappa shape index (κ3) is 3.26. The topological polar surface area (TPSA) is 40.2 Å². The first-order chi connectivity index (χ1) is 11.7. The van der Waals surface area contributed by atoms with Crippen LogP contribution in [0.15, 0.2) is 53.1 Å². The highest BCUT2D eigenvalue weighted by Crippen LogP contribution is 2.43. The maximum atomic E-state index is 12.8. The van der Waals surface area contributed by atoms with Crippen LogP contribution in [0.1, 0.15) is 64.6 Å². The SMILES string of the molecule is CC1=CC(=C2CCC(N([O])C(C)(C)C)c3ccccc32)C=C(C)C1=O. The number of rotatable bonds is 1. The summed E-state index contributed by atoms with van der Waals surface area (Å²) in [5.74, 6) is 0.116. The molecule has 2 aliphatic rings. The molecule has 0 N–H and O–H groups in total. The molecule has 3 rings (SSSR count). The Morgan fingerprint density at radius 1 is 1.04 bits per heavy atom. The Balaban J connectivity index is 2.11. The molecule has 0 aliphatic heterocycles. The predicted molar refractivity (Wildman–Crippen MR) is 100 cm³/mol. The highest BCUT2D eigenvalue weighted by atomic mass is 16.5. The average molecular weight is 336 g/mol. The zero-order valence-electron chi connectivity index (χ0n) is 15.7. The highest BCUT2D eigenvalue weighted by molar-refractivity contribution is 6.10. The fraction of sp³-hybridized carbons (Fsp3) is 0.409. The molecule has 25 heavy (non-hydrogen) atoms. The lowest BCUT2D eigenvalue weighted by molar-refractivity contribution is -0.243. The number of nitrogens with zero attached hydrogens (tertiary/aromatic N) is 1. The van der Waals surface area contributed by atoms with E-state index in [0.29, 0.717) is 0 Å². The van der Waals surface area contributed by atoms with E-state index < -0.39 is 5.54 Å². The molecule has 1 aromatic carbocycles. The van der Waals surface area contributed by atoms with Crippen LogP contribution in [0.2, 0.25) is 0 Å². The molecule has 131 valence electrons. The summed E-state index contributed by atoms with van der Waals surface area (Å²) in [5, 5.41) is 14.1. The summed E-state index contributed by atoms with van der Waals surface area (Å²) in [4.78, 5) is 12.0. The Kier molecular flexibility index (Phi) is 4.56. The molecule has 2 aliphatic carbocycles. The normalized spacial score (nSPS) is 21.2. The van der Waals surface area contributed by atoms with Crippen molar-refractivity contribution < 1.29 is 10.0 Å². The average Bonchev–Trinajstić information content (AvgIpc) is 2.57. The summed E-state index contributed by atoms with van der Waals surface area (Å²) in [5.41, 5.74) is 5.71. The Hall–Kier alpha value is -1.97. The van der Waals surface area contributed by atoms with Crippen molar-refractivity contribution in [1.29, 1.82) is 0 Å². The van der Waals surface area contributed by atoms with Crippen LogP contribution in [0.5, 0.6) is 0 Å². The summed E-state index contributed by atoms with van der Waals surface area (Å²) in [6.07, 6.45) is 5.61. The molecule has 0 fully saturated rings. The number of benzene rings is 1. The van der Waals surface area contributed by atoms with Crippen molar-refractivity contribution in [3.05, 3.63) is 64.3 Å². The smallest absolute Gasteiger partial charge is 0.184 e. The quantitative estimate of drug-likeness (QED) is 0.662. The van der Waals surface area contributed by atoms with Gasteiger partial charge in [0.05, 0.1) is 6.04 Å². The van der Waals surface area contributed by atoms with Crippen molar-refractivity contribution in [1.82, 2.24) is 5.06 Å². The fourth-order valence-corrected chi connectivity index (χ4v) is 3.77. The second kappa shape index (κ2) is 6.40. The van der Waals surface area contributed by atoms with Crippen LogP contribution in [0.3, 0.4) is 0 Å². The minimum absolute atomic E-state index is 0.116. The Morgan fingerprint density at radius 3 is 2.24 bits per heavy atom. The van der Waals surface area contributed by atoms with Crippen LogP contribution < -0.4 is 0 Å². The van der Waals surface area contributed by atoms with Gasteiger partial charge in [-0.2, -0.15) is 0 Å². The molecular formula is C22H26NO2. The van der Waals surface area contributed by atoms with Crippen LogP contribution in [-0.2, 0) is 10.0 Å². The lowest BCUT2D eigenvalue weighted by Gasteiger charge is -2.38. The molecule has 0 saturated carbocycles. The molecule has 0 amide bonds. The van der Waals surface area contributed by atoms with Crippen LogP contribution in [-0.4, -0.2) is 16.4 Å². The Morgan fingerprint density at radius 2 is 1.64 bits per heavy atom. The van der Waals surface area contributed by atoms with Crippen LogP contribution in [0, 0.1) is 0 Å². The van der Waals surface area contributed by atoms with Crippen LogP contribution in [0.25, 0.3) is 5.57 Å². The highest BCUT2D eigenvalue weighted by Gasteiger charge is 2.35. The van der Waals surface area contributed by atoms with Crippen molar-refractivity contribution in [3.8, 4) is 0 Å². The maximum absolute atomic E-state index is 12.8. The van der Waals surface area contributed by atoms with E-state index in [9.17, 15) is 10.0 Å². The second-order valence-corrected chi connectivity index (χ2v) is 8.06. The number of carbonyl (C=O) groups is 1. The van der Waals surface area contributed by atoms with E-state index >= 15 is 0 Å². The van der Waals surface area contributed by atoms with Crippen molar-refractivity contribution in [2.75, 3.05) is 0 Å². The van der Waals surface area contributed by atoms with E-state index in [1.165, 1.54) is 10.6 Å². The van der Waals surface area contributed by atoms with Crippen molar-refractivity contribution in [2.24, 2.45) is 0 Å².